The average Bonchev–Trinajstić information content (AvgIpc) is 2.87. The van der Waals surface area contributed by atoms with Crippen molar-refractivity contribution in [2.45, 2.75) is 78.1 Å². The van der Waals surface area contributed by atoms with Gasteiger partial charge in [0.05, 0.1) is 6.61 Å². The van der Waals surface area contributed by atoms with E-state index in [1.807, 2.05) is 24.3 Å². The summed E-state index contributed by atoms with van der Waals surface area (Å²) in [6.45, 7) is 5.06. The van der Waals surface area contributed by atoms with Crippen LogP contribution in [-0.2, 0) is 6.42 Å². The maximum atomic E-state index is 14.0. The Morgan fingerprint density at radius 2 is 1.15 bits per heavy atom. The maximum Gasteiger partial charge on any atom is 0.217 e. The number of benzene rings is 2. The van der Waals surface area contributed by atoms with E-state index in [-0.39, 0.29) is 0 Å². The van der Waals surface area contributed by atoms with E-state index >= 15 is 0 Å². The summed E-state index contributed by atoms with van der Waals surface area (Å²) in [6.07, 6.45) is 11.8. The van der Waals surface area contributed by atoms with Crippen LogP contribution in [0.1, 0.15) is 88.3 Å². The Labute approximate surface area is 204 Å². The molecule has 0 unspecified atom stereocenters. The second kappa shape index (κ2) is 16.6. The Balaban J connectivity index is 1.86. The van der Waals surface area contributed by atoms with Crippen LogP contribution in [0.2, 0.25) is 0 Å². The van der Waals surface area contributed by atoms with Crippen LogP contribution < -0.4 is 4.74 Å². The third kappa shape index (κ3) is 11.2. The van der Waals surface area contributed by atoms with Crippen molar-refractivity contribution in [1.29, 1.82) is 0 Å². The van der Waals surface area contributed by atoms with Gasteiger partial charge in [-0.2, -0.15) is 8.78 Å². The molecule has 0 aliphatic heterocycles. The highest BCUT2D eigenvalue weighted by molar-refractivity contribution is 5.46. The summed E-state index contributed by atoms with van der Waals surface area (Å²) < 4.78 is 33.7. The van der Waals surface area contributed by atoms with Crippen molar-refractivity contribution < 1.29 is 13.5 Å². The van der Waals surface area contributed by atoms with E-state index in [2.05, 4.69) is 37.5 Å². The average molecular weight is 463 g/mol. The largest absolute Gasteiger partial charge is 0.494 e. The van der Waals surface area contributed by atoms with Crippen molar-refractivity contribution in [3.63, 3.8) is 0 Å². The first-order valence-corrected chi connectivity index (χ1v) is 12.5. The highest BCUT2D eigenvalue weighted by Gasteiger charge is 2.00. The van der Waals surface area contributed by atoms with E-state index in [9.17, 15) is 8.78 Å². The van der Waals surface area contributed by atoms with E-state index in [0.29, 0.717) is 17.7 Å². The molecule has 2 rings (SSSR count). The number of hydrogen-bond donors (Lipinski definition) is 0. The molecule has 0 saturated heterocycles. The molecule has 0 N–H and O–H groups in total. The van der Waals surface area contributed by atoms with Crippen molar-refractivity contribution in [2.75, 3.05) is 6.61 Å². The molecule has 0 bridgehead atoms. The van der Waals surface area contributed by atoms with Crippen LogP contribution in [0, 0.1) is 23.7 Å². The second-order valence-electron chi connectivity index (χ2n) is 8.42. The van der Waals surface area contributed by atoms with E-state index < -0.39 is 11.7 Å². The second-order valence-corrected chi connectivity index (χ2v) is 8.42. The Kier molecular flexibility index (Phi) is 13.2. The van der Waals surface area contributed by atoms with Gasteiger partial charge >= 0.3 is 0 Å². The van der Waals surface area contributed by atoms with Crippen molar-refractivity contribution in [3.05, 3.63) is 76.9 Å². The van der Waals surface area contributed by atoms with Gasteiger partial charge in [-0.15, -0.1) is 0 Å². The normalized spacial score (nSPS) is 11.1. The van der Waals surface area contributed by atoms with Crippen LogP contribution in [0.4, 0.5) is 8.78 Å². The van der Waals surface area contributed by atoms with Crippen molar-refractivity contribution in [1.82, 2.24) is 0 Å². The summed E-state index contributed by atoms with van der Waals surface area (Å²) in [5.41, 5.74) is 2.47. The van der Waals surface area contributed by atoms with E-state index in [1.54, 1.807) is 24.3 Å². The van der Waals surface area contributed by atoms with Crippen LogP contribution in [-0.4, -0.2) is 6.61 Å². The summed E-state index contributed by atoms with van der Waals surface area (Å²) >= 11 is 0. The first-order valence-electron chi connectivity index (χ1n) is 12.5. The summed E-state index contributed by atoms with van der Waals surface area (Å²) in [5, 5.41) is 0. The van der Waals surface area contributed by atoms with Gasteiger partial charge in [0.15, 0.2) is 0 Å². The fourth-order valence-corrected chi connectivity index (χ4v) is 3.40. The van der Waals surface area contributed by atoms with Crippen LogP contribution in [0.3, 0.4) is 0 Å². The molecule has 0 spiro atoms. The Morgan fingerprint density at radius 3 is 1.71 bits per heavy atom. The summed E-state index contributed by atoms with van der Waals surface area (Å²) in [6, 6.07) is 14.7. The molecule has 34 heavy (non-hydrogen) atoms. The van der Waals surface area contributed by atoms with Crippen molar-refractivity contribution >= 4 is 0 Å². The maximum absolute atomic E-state index is 14.0. The number of allylic oxidation sites excluding steroid dienone is 2. The van der Waals surface area contributed by atoms with Crippen LogP contribution >= 0.6 is 0 Å². The highest BCUT2D eigenvalue weighted by Crippen LogP contribution is 2.14. The lowest BCUT2D eigenvalue weighted by atomic mass is 10.0. The van der Waals surface area contributed by atoms with Gasteiger partial charge in [0.2, 0.25) is 11.7 Å². The van der Waals surface area contributed by atoms with Gasteiger partial charge in [0, 0.05) is 11.1 Å². The molecule has 0 aliphatic carbocycles. The molecule has 0 saturated carbocycles. The number of unbranched alkanes of at least 4 members (excludes halogenated alkanes) is 7. The van der Waals surface area contributed by atoms with Crippen LogP contribution in [0.5, 0.6) is 5.75 Å². The Hall–Kier alpha value is -3.04. The van der Waals surface area contributed by atoms with Crippen molar-refractivity contribution in [3.8, 4) is 29.4 Å². The topological polar surface area (TPSA) is 9.23 Å². The fraction of sp³-hybridized carbons (Fsp3) is 0.419. The third-order valence-corrected chi connectivity index (χ3v) is 5.47. The number of rotatable bonds is 12. The van der Waals surface area contributed by atoms with Gasteiger partial charge in [-0.25, -0.2) is 0 Å². The molecule has 180 valence electrons. The van der Waals surface area contributed by atoms with Crippen molar-refractivity contribution in [2.24, 2.45) is 0 Å². The molecule has 0 amide bonds. The number of aryl methyl sites for hydroxylation is 1. The lowest BCUT2D eigenvalue weighted by Gasteiger charge is -2.05. The Bertz CT molecular complexity index is 912. The molecule has 2 aromatic carbocycles. The highest BCUT2D eigenvalue weighted by atomic mass is 19.2. The van der Waals surface area contributed by atoms with Gasteiger partial charge in [-0.05, 0) is 73.1 Å². The number of ether oxygens (including phenoxy) is 1. The van der Waals surface area contributed by atoms with Crippen LogP contribution in [0.15, 0.2) is 60.2 Å². The van der Waals surface area contributed by atoms with Crippen LogP contribution in [0.25, 0.3) is 0 Å². The fourth-order valence-electron chi connectivity index (χ4n) is 3.40. The molecule has 3 heteroatoms. The Morgan fingerprint density at radius 1 is 0.647 bits per heavy atom. The SMILES string of the molecule is CCCCCCCc1ccc(C#CC(F)=C(F)C#Cc2ccc(OCCCCCC)cc2)cc1. The lowest BCUT2D eigenvalue weighted by molar-refractivity contribution is 0.305. The number of halogens is 2. The first-order chi connectivity index (χ1) is 16.6. The summed E-state index contributed by atoms with van der Waals surface area (Å²) in [5.74, 6) is 8.18. The van der Waals surface area contributed by atoms with Gasteiger partial charge in [0.25, 0.3) is 0 Å². The zero-order valence-electron chi connectivity index (χ0n) is 20.6. The monoisotopic (exact) mass is 462 g/mol. The van der Waals surface area contributed by atoms with E-state index in [4.69, 9.17) is 4.74 Å². The van der Waals surface area contributed by atoms with E-state index in [1.165, 1.54) is 50.5 Å². The third-order valence-electron chi connectivity index (χ3n) is 5.47. The standard InChI is InChI=1S/C31H36F2O/c1-3-5-7-9-10-12-26-13-15-27(16-14-26)19-23-30(32)31(33)24-20-28-17-21-29(22-18-28)34-25-11-8-6-4-2/h13-18,21-22H,3-12,25H2,1-2H3. The zero-order valence-corrected chi connectivity index (χ0v) is 20.6. The molecule has 0 radical (unpaired) electrons. The summed E-state index contributed by atoms with van der Waals surface area (Å²) in [4.78, 5) is 0. The van der Waals surface area contributed by atoms with Gasteiger partial charge in [-0.3, -0.25) is 0 Å². The molecule has 0 aromatic heterocycles. The molecule has 1 nitrogen and oxygen atoms in total. The minimum absolute atomic E-state index is 0.583. The smallest absolute Gasteiger partial charge is 0.217 e. The minimum Gasteiger partial charge on any atom is -0.494 e. The molecule has 0 atom stereocenters. The first kappa shape index (κ1) is 27.2. The lowest BCUT2D eigenvalue weighted by Crippen LogP contribution is -1.96. The minimum atomic E-state index is -1.16. The zero-order chi connectivity index (χ0) is 24.4. The predicted molar refractivity (Wildman–Crippen MR) is 138 cm³/mol. The molecule has 0 fully saturated rings. The molecular formula is C31H36F2O. The molecule has 0 heterocycles. The summed E-state index contributed by atoms with van der Waals surface area (Å²) in [7, 11) is 0. The molecule has 0 aliphatic rings. The molecule has 2 aromatic rings. The quantitative estimate of drug-likeness (QED) is 0.226. The van der Waals surface area contributed by atoms with Gasteiger partial charge < -0.3 is 4.74 Å². The van der Waals surface area contributed by atoms with Gasteiger partial charge in [0.1, 0.15) is 5.75 Å². The van der Waals surface area contributed by atoms with E-state index in [0.717, 1.165) is 25.0 Å². The molecular weight excluding hydrogens is 426 g/mol. The van der Waals surface area contributed by atoms with Gasteiger partial charge in [-0.1, -0.05) is 82.8 Å². The number of hydrogen-bond acceptors (Lipinski definition) is 1. The predicted octanol–water partition coefficient (Wildman–Crippen LogP) is 8.71.